The van der Waals surface area contributed by atoms with E-state index in [4.69, 9.17) is 16.3 Å². The van der Waals surface area contributed by atoms with E-state index in [0.29, 0.717) is 5.69 Å². The third kappa shape index (κ3) is 4.93. The Morgan fingerprint density at radius 2 is 2.12 bits per heavy atom. The molecule has 2 aromatic rings. The molecule has 4 nitrogen and oxygen atoms in total. The summed E-state index contributed by atoms with van der Waals surface area (Å²) in [6, 6.07) is 9.75. The first-order valence-electron chi connectivity index (χ1n) is 7.32. The van der Waals surface area contributed by atoms with Gasteiger partial charge in [-0.3, -0.25) is 4.79 Å². The highest BCUT2D eigenvalue weighted by atomic mass is 79.9. The van der Waals surface area contributed by atoms with Crippen molar-refractivity contribution in [3.63, 3.8) is 0 Å². The van der Waals surface area contributed by atoms with Gasteiger partial charge in [-0.2, -0.15) is 0 Å². The van der Waals surface area contributed by atoms with E-state index in [1.165, 1.54) is 18.2 Å². The van der Waals surface area contributed by atoms with E-state index in [-0.39, 0.29) is 23.5 Å². The van der Waals surface area contributed by atoms with Gasteiger partial charge >= 0.3 is 0 Å². The maximum atomic E-state index is 13.0. The van der Waals surface area contributed by atoms with Gasteiger partial charge in [-0.15, -0.1) is 0 Å². The van der Waals surface area contributed by atoms with Gasteiger partial charge in [0.05, 0.1) is 22.3 Å². The maximum absolute atomic E-state index is 13.0. The smallest absolute Gasteiger partial charge is 0.279 e. The zero-order chi connectivity index (χ0) is 17.7. The first-order chi connectivity index (χ1) is 11.4. The van der Waals surface area contributed by atoms with Crippen molar-refractivity contribution in [1.82, 2.24) is 0 Å². The fraction of sp³-hybridized carbons (Fsp3) is 0.235. The summed E-state index contributed by atoms with van der Waals surface area (Å²) < 4.78 is 19.1. The number of nitrogens with two attached hydrogens (primary N) is 1. The molecule has 0 radical (unpaired) electrons. The van der Waals surface area contributed by atoms with E-state index >= 15 is 0 Å². The Kier molecular flexibility index (Phi) is 6.60. The lowest BCUT2D eigenvalue weighted by molar-refractivity contribution is -0.682. The molecule has 24 heavy (non-hydrogen) atoms. The lowest BCUT2D eigenvalue weighted by Crippen LogP contribution is -2.86. The van der Waals surface area contributed by atoms with Crippen LogP contribution in [0.15, 0.2) is 40.9 Å². The molecular formula is C17H18BrClFN2O2+. The average Bonchev–Trinajstić information content (AvgIpc) is 2.55. The summed E-state index contributed by atoms with van der Waals surface area (Å²) in [6.07, 6.45) is 0. The molecule has 3 N–H and O–H groups in total. The summed E-state index contributed by atoms with van der Waals surface area (Å²) >= 11 is 9.35. The van der Waals surface area contributed by atoms with E-state index in [0.717, 1.165) is 15.8 Å². The van der Waals surface area contributed by atoms with Crippen molar-refractivity contribution in [1.29, 1.82) is 0 Å². The number of carbonyl (C=O) groups excluding carboxylic acids is 1. The Morgan fingerprint density at radius 1 is 1.38 bits per heavy atom. The summed E-state index contributed by atoms with van der Waals surface area (Å²) in [5, 5.41) is 4.76. The number of amides is 1. The van der Waals surface area contributed by atoms with E-state index < -0.39 is 5.82 Å². The third-order valence-electron chi connectivity index (χ3n) is 3.56. The number of carbonyl (C=O) groups is 1. The molecule has 128 valence electrons. The van der Waals surface area contributed by atoms with Crippen molar-refractivity contribution in [3.05, 3.63) is 57.3 Å². The zero-order valence-corrected chi connectivity index (χ0v) is 15.6. The number of anilines is 1. The fourth-order valence-electron chi connectivity index (χ4n) is 2.18. The Bertz CT molecular complexity index is 743. The van der Waals surface area contributed by atoms with E-state index in [2.05, 4.69) is 21.2 Å². The molecule has 2 aromatic carbocycles. The van der Waals surface area contributed by atoms with Crippen LogP contribution in [0.25, 0.3) is 0 Å². The highest BCUT2D eigenvalue weighted by Crippen LogP contribution is 2.27. The van der Waals surface area contributed by atoms with Crippen LogP contribution >= 0.6 is 27.5 Å². The quantitative estimate of drug-likeness (QED) is 0.757. The molecule has 0 bridgehead atoms. The normalized spacial score (nSPS) is 11.9. The molecule has 0 fully saturated rings. The van der Waals surface area contributed by atoms with Crippen molar-refractivity contribution in [2.75, 3.05) is 19.0 Å². The Hall–Kier alpha value is -1.63. The monoisotopic (exact) mass is 415 g/mol. The number of rotatable bonds is 6. The van der Waals surface area contributed by atoms with Crippen LogP contribution in [0.5, 0.6) is 5.75 Å². The van der Waals surface area contributed by atoms with Crippen LogP contribution in [-0.2, 0) is 4.79 Å². The predicted molar refractivity (Wildman–Crippen MR) is 95.9 cm³/mol. The summed E-state index contributed by atoms with van der Waals surface area (Å²) in [7, 11) is 1.61. The Labute approximate surface area is 153 Å². The topological polar surface area (TPSA) is 54.9 Å². The molecule has 1 amide bonds. The molecule has 0 aliphatic carbocycles. The van der Waals surface area contributed by atoms with Gasteiger partial charge < -0.3 is 15.4 Å². The molecule has 0 saturated carbocycles. The second-order valence-electron chi connectivity index (χ2n) is 5.29. The Morgan fingerprint density at radius 3 is 2.75 bits per heavy atom. The minimum absolute atomic E-state index is 0.0849. The number of quaternary nitrogens is 1. The molecule has 0 aliphatic heterocycles. The molecule has 1 atom stereocenters. The molecule has 0 heterocycles. The van der Waals surface area contributed by atoms with Crippen molar-refractivity contribution in [2.45, 2.75) is 13.0 Å². The van der Waals surface area contributed by atoms with Gasteiger partial charge in [0.1, 0.15) is 17.6 Å². The number of halogens is 3. The molecule has 2 rings (SSSR count). The van der Waals surface area contributed by atoms with Crippen LogP contribution in [0.2, 0.25) is 5.02 Å². The van der Waals surface area contributed by atoms with Gasteiger partial charge in [0.2, 0.25) is 0 Å². The molecule has 0 saturated heterocycles. The summed E-state index contributed by atoms with van der Waals surface area (Å²) in [5.41, 5.74) is 1.46. The van der Waals surface area contributed by atoms with E-state index in [1.54, 1.807) is 7.11 Å². The van der Waals surface area contributed by atoms with Crippen LogP contribution < -0.4 is 15.4 Å². The first kappa shape index (κ1) is 18.7. The number of benzene rings is 2. The first-order valence-corrected chi connectivity index (χ1v) is 8.49. The van der Waals surface area contributed by atoms with Crippen molar-refractivity contribution >= 4 is 39.1 Å². The SMILES string of the molecule is COc1ccc([C@@H](C)[NH2+]CC(=O)Nc2ccc(F)cc2Cl)cc1Br. The summed E-state index contributed by atoms with van der Waals surface area (Å²) in [6.45, 7) is 2.23. The number of ether oxygens (including phenoxy) is 1. The van der Waals surface area contributed by atoms with Crippen LogP contribution in [0.3, 0.4) is 0 Å². The third-order valence-corrected chi connectivity index (χ3v) is 4.50. The molecule has 0 aromatic heterocycles. The standard InChI is InChI=1S/C17H17BrClFN2O2/c1-10(11-3-6-16(24-2)13(18)7-11)21-9-17(23)22-15-5-4-12(20)8-14(15)19/h3-8,10,21H,9H2,1-2H3,(H,22,23)/p+1/t10-/m1/s1. The fourth-order valence-corrected chi connectivity index (χ4v) is 2.95. The number of nitrogens with one attached hydrogen (secondary N) is 1. The average molecular weight is 417 g/mol. The number of hydrogen-bond donors (Lipinski definition) is 2. The molecule has 7 heteroatoms. The van der Waals surface area contributed by atoms with Crippen molar-refractivity contribution in [3.8, 4) is 5.75 Å². The zero-order valence-electron chi connectivity index (χ0n) is 13.3. The Balaban J connectivity index is 1.92. The number of methoxy groups -OCH3 is 1. The van der Waals surface area contributed by atoms with Crippen LogP contribution in [0.1, 0.15) is 18.5 Å². The molecular weight excluding hydrogens is 399 g/mol. The van der Waals surface area contributed by atoms with E-state index in [9.17, 15) is 9.18 Å². The van der Waals surface area contributed by atoms with Crippen LogP contribution in [0, 0.1) is 5.82 Å². The van der Waals surface area contributed by atoms with Crippen LogP contribution in [-0.4, -0.2) is 19.6 Å². The minimum atomic E-state index is -0.441. The van der Waals surface area contributed by atoms with E-state index in [1.807, 2.05) is 30.4 Å². The van der Waals surface area contributed by atoms with Gasteiger partial charge in [-0.25, -0.2) is 4.39 Å². The highest BCUT2D eigenvalue weighted by molar-refractivity contribution is 9.10. The second kappa shape index (κ2) is 8.46. The largest absolute Gasteiger partial charge is 0.496 e. The summed E-state index contributed by atoms with van der Waals surface area (Å²) in [5.74, 6) is 0.112. The van der Waals surface area contributed by atoms with Gasteiger partial charge in [-0.1, -0.05) is 11.6 Å². The lowest BCUT2D eigenvalue weighted by atomic mass is 10.1. The summed E-state index contributed by atoms with van der Waals surface area (Å²) in [4.78, 5) is 12.0. The van der Waals surface area contributed by atoms with Crippen LogP contribution in [0.4, 0.5) is 10.1 Å². The predicted octanol–water partition coefficient (Wildman–Crippen LogP) is 3.51. The van der Waals surface area contributed by atoms with Gasteiger partial charge in [0.25, 0.3) is 5.91 Å². The lowest BCUT2D eigenvalue weighted by Gasteiger charge is -2.13. The van der Waals surface area contributed by atoms with Crippen molar-refractivity contribution in [2.24, 2.45) is 0 Å². The molecule has 0 unspecified atom stereocenters. The van der Waals surface area contributed by atoms with Gasteiger partial charge in [-0.05, 0) is 59.3 Å². The second-order valence-corrected chi connectivity index (χ2v) is 6.56. The molecule has 0 aliphatic rings. The highest BCUT2D eigenvalue weighted by Gasteiger charge is 2.14. The van der Waals surface area contributed by atoms with Gasteiger partial charge in [0.15, 0.2) is 6.54 Å². The van der Waals surface area contributed by atoms with Gasteiger partial charge in [0, 0.05) is 5.56 Å². The maximum Gasteiger partial charge on any atom is 0.279 e. The van der Waals surface area contributed by atoms with Crippen molar-refractivity contribution < 1.29 is 19.2 Å². The molecule has 0 spiro atoms. The minimum Gasteiger partial charge on any atom is -0.496 e. The number of hydrogen-bond acceptors (Lipinski definition) is 2.